The normalized spacial score (nSPS) is 12.6. The largest absolute Gasteiger partial charge is 0.456 e. The monoisotopic (exact) mass is 1790 g/mol. The molecule has 0 atom stereocenters. The first-order valence-corrected chi connectivity index (χ1v) is 49.1. The van der Waals surface area contributed by atoms with Gasteiger partial charge in [-0.1, -0.05) is 372 Å². The molecule has 0 fully saturated rings. The molecule has 6 heteroatoms. The van der Waals surface area contributed by atoms with E-state index in [1.165, 1.54) is 53.5 Å². The van der Waals surface area contributed by atoms with Crippen LogP contribution in [0.5, 0.6) is 0 Å². The van der Waals surface area contributed by atoms with Crippen LogP contribution in [0.25, 0.3) is 198 Å². The Bertz CT molecular complexity index is 8560. The van der Waals surface area contributed by atoms with Gasteiger partial charge in [0.1, 0.15) is 22.3 Å². The molecule has 23 aromatic rings. The van der Waals surface area contributed by atoms with Crippen molar-refractivity contribution in [2.45, 2.75) is 78.6 Å². The number of furan rings is 2. The summed E-state index contributed by atoms with van der Waals surface area (Å²) in [6, 6.07) is 166. The third kappa shape index (κ3) is 14.4. The Balaban J connectivity index is 0.903. The number of para-hydroxylation sites is 2. The molecule has 2 aliphatic heterocycles. The molecular formula is C132H99BN2O2S. The summed E-state index contributed by atoms with van der Waals surface area (Å²) in [5, 5.41) is 6.68. The summed E-state index contributed by atoms with van der Waals surface area (Å²) in [6.07, 6.45) is 0. The molecule has 658 valence electrons. The first kappa shape index (κ1) is 83.7. The minimum atomic E-state index is -0.439. The highest BCUT2D eigenvalue weighted by molar-refractivity contribution is 7.26. The van der Waals surface area contributed by atoms with Crippen LogP contribution in [0.1, 0.15) is 79.0 Å². The lowest BCUT2D eigenvalue weighted by molar-refractivity contribution is 0.590. The quantitative estimate of drug-likeness (QED) is 0.102. The van der Waals surface area contributed by atoms with Crippen LogP contribution in [0.15, 0.2) is 446 Å². The maximum Gasteiger partial charge on any atom is 0.252 e. The van der Waals surface area contributed by atoms with Gasteiger partial charge in [-0.05, 0) is 288 Å². The van der Waals surface area contributed by atoms with Crippen LogP contribution in [0.4, 0.5) is 34.1 Å². The van der Waals surface area contributed by atoms with Crippen molar-refractivity contribution in [2.24, 2.45) is 0 Å². The summed E-state index contributed by atoms with van der Waals surface area (Å²) in [7, 11) is 0. The molecule has 0 amide bonds. The Morgan fingerprint density at radius 3 is 0.986 bits per heavy atom. The Labute approximate surface area is 810 Å². The van der Waals surface area contributed by atoms with Crippen LogP contribution in [0, 0.1) is 0 Å². The predicted molar refractivity (Wildman–Crippen MR) is 589 cm³/mol. The van der Waals surface area contributed by atoms with E-state index in [0.29, 0.717) is 0 Å². The second kappa shape index (κ2) is 32.9. The van der Waals surface area contributed by atoms with Crippen molar-refractivity contribution in [3.05, 3.63) is 453 Å². The fraction of sp³-hybridized carbons (Fsp3) is 0.0909. The molecule has 25 rings (SSSR count). The van der Waals surface area contributed by atoms with Gasteiger partial charge in [-0.2, -0.15) is 0 Å². The van der Waals surface area contributed by atoms with Gasteiger partial charge in [0.2, 0.25) is 0 Å². The van der Waals surface area contributed by atoms with Crippen LogP contribution in [0.2, 0.25) is 0 Å². The maximum atomic E-state index is 7.14. The highest BCUT2D eigenvalue weighted by Gasteiger charge is 2.47. The molecular weight excluding hydrogens is 1690 g/mol. The zero-order valence-corrected chi connectivity index (χ0v) is 79.6. The molecule has 0 aliphatic carbocycles. The predicted octanol–water partition coefficient (Wildman–Crippen LogP) is 35.8. The van der Waals surface area contributed by atoms with E-state index < -0.39 is 6.71 Å². The van der Waals surface area contributed by atoms with E-state index in [1.807, 2.05) is 11.3 Å². The van der Waals surface area contributed by atoms with Gasteiger partial charge in [0, 0.05) is 86.7 Å². The van der Waals surface area contributed by atoms with Crippen molar-refractivity contribution in [1.82, 2.24) is 0 Å². The zero-order chi connectivity index (χ0) is 93.0. The van der Waals surface area contributed by atoms with Crippen molar-refractivity contribution < 1.29 is 8.83 Å². The summed E-state index contributed by atoms with van der Waals surface area (Å²) in [4.78, 5) is 5.55. The van der Waals surface area contributed by atoms with E-state index in [1.54, 1.807) is 0 Å². The van der Waals surface area contributed by atoms with E-state index in [4.69, 9.17) is 8.83 Å². The number of thiophene rings is 1. The number of benzene rings is 20. The first-order chi connectivity index (χ1) is 67.3. The van der Waals surface area contributed by atoms with Gasteiger partial charge in [-0.15, -0.1) is 11.3 Å². The summed E-state index contributed by atoms with van der Waals surface area (Å²) >= 11 is 1.87. The van der Waals surface area contributed by atoms with Crippen molar-refractivity contribution in [1.29, 1.82) is 0 Å². The van der Waals surface area contributed by atoms with Crippen LogP contribution in [-0.2, 0) is 16.2 Å². The van der Waals surface area contributed by atoms with Gasteiger partial charge < -0.3 is 18.6 Å². The molecule has 2 aliphatic rings. The fourth-order valence-electron chi connectivity index (χ4n) is 21.9. The maximum absolute atomic E-state index is 7.14. The molecule has 0 N–H and O–H groups in total. The van der Waals surface area contributed by atoms with E-state index in [-0.39, 0.29) is 16.2 Å². The number of rotatable bonds is 14. The average molecular weight is 1790 g/mol. The lowest BCUT2D eigenvalue weighted by atomic mass is 9.33. The number of hydrogen-bond acceptors (Lipinski definition) is 5. The summed E-state index contributed by atoms with van der Waals surface area (Å²) in [6.45, 7) is 20.9. The van der Waals surface area contributed by atoms with Gasteiger partial charge in [0.25, 0.3) is 6.71 Å². The van der Waals surface area contributed by atoms with Crippen LogP contribution < -0.4 is 26.2 Å². The van der Waals surface area contributed by atoms with Gasteiger partial charge in [0.15, 0.2) is 0 Å². The van der Waals surface area contributed by atoms with E-state index >= 15 is 0 Å². The Hall–Kier alpha value is -16.1. The molecule has 4 nitrogen and oxygen atoms in total. The number of hydrogen-bond donors (Lipinski definition) is 0. The van der Waals surface area contributed by atoms with Crippen molar-refractivity contribution in [3.8, 4) is 134 Å². The van der Waals surface area contributed by atoms with Gasteiger partial charge in [0.05, 0.1) is 11.4 Å². The third-order valence-corrected chi connectivity index (χ3v) is 30.0. The van der Waals surface area contributed by atoms with E-state index in [0.717, 1.165) is 211 Å². The van der Waals surface area contributed by atoms with Gasteiger partial charge in [-0.3, -0.25) is 0 Å². The van der Waals surface area contributed by atoms with Crippen molar-refractivity contribution in [2.75, 3.05) is 9.80 Å². The zero-order valence-electron chi connectivity index (χ0n) is 78.8. The molecule has 3 aromatic heterocycles. The summed E-state index contributed by atoms with van der Waals surface area (Å²) < 4.78 is 16.7. The Kier molecular flexibility index (Phi) is 19.9. The minimum absolute atomic E-state index is 0.213. The molecule has 0 spiro atoms. The van der Waals surface area contributed by atoms with Crippen LogP contribution in [-0.4, -0.2) is 6.71 Å². The highest BCUT2D eigenvalue weighted by Crippen LogP contribution is 2.59. The van der Waals surface area contributed by atoms with Crippen LogP contribution in [0.3, 0.4) is 0 Å². The second-order valence-electron chi connectivity index (χ2n) is 40.6. The lowest BCUT2D eigenvalue weighted by Crippen LogP contribution is -2.61. The topological polar surface area (TPSA) is 32.8 Å². The van der Waals surface area contributed by atoms with Gasteiger partial charge in [-0.25, -0.2) is 0 Å². The molecule has 20 aromatic carbocycles. The summed E-state index contributed by atoms with van der Waals surface area (Å²) in [5.41, 5.74) is 42.6. The third-order valence-electron chi connectivity index (χ3n) is 28.8. The van der Waals surface area contributed by atoms with Gasteiger partial charge >= 0.3 is 0 Å². The molecule has 138 heavy (non-hydrogen) atoms. The second-order valence-corrected chi connectivity index (χ2v) is 41.7. The molecule has 0 saturated heterocycles. The molecule has 0 saturated carbocycles. The van der Waals surface area contributed by atoms with E-state index in [2.05, 4.69) is 509 Å². The van der Waals surface area contributed by atoms with Crippen LogP contribution >= 0.6 is 11.3 Å². The molecule has 0 bridgehead atoms. The molecule has 0 unspecified atom stereocenters. The lowest BCUT2D eigenvalue weighted by Gasteiger charge is -2.46. The standard InChI is InChI=1S/C132H99BN2O2S/c1-130(2,3)99-72-96(86-45-24-14-25-46-86)71-97(73-99)88-62-64-114-113(74-88)133-112-63-61-89(94-67-90(82-37-16-10-17-38-82)65-91(68-94)83-39-18-11-19-40-83)75-115(112)135(128-108(87-47-26-15-27-48-87)78-100(131(4,5)6)79-109(128)102-52-34-57-120-124(102)105-49-28-31-55-118(105)136-120)117-77-98(95-69-92(84-41-20-12-21-42-84)66-93(70-95)85-43-22-13-23-44-85)76-116(127(117)133)134(114)129-110(103-53-35-58-121-125(103)106-50-29-32-56-119(106)137-121)80-101(132(7,8)9)81-111(129)104-54-36-60-123-126(104)107-51-30-33-59-122(107)138-123/h10-81H,1-9H3. The molecule has 0 radical (unpaired) electrons. The first-order valence-electron chi connectivity index (χ1n) is 48.2. The Morgan fingerprint density at radius 1 is 0.203 bits per heavy atom. The highest BCUT2D eigenvalue weighted by atomic mass is 32.1. The molecule has 5 heterocycles. The van der Waals surface area contributed by atoms with Crippen molar-refractivity contribution in [3.63, 3.8) is 0 Å². The van der Waals surface area contributed by atoms with Crippen molar-refractivity contribution >= 4 is 133 Å². The van der Waals surface area contributed by atoms with E-state index in [9.17, 15) is 0 Å². The number of nitrogens with zero attached hydrogens (tertiary/aromatic N) is 2. The smallest absolute Gasteiger partial charge is 0.252 e. The average Bonchev–Trinajstić information content (AvgIpc) is 0.780. The summed E-state index contributed by atoms with van der Waals surface area (Å²) in [5.74, 6) is 0. The Morgan fingerprint density at radius 2 is 0.522 bits per heavy atom. The minimum Gasteiger partial charge on any atom is -0.456 e. The number of anilines is 6. The SMILES string of the molecule is CC(C)(C)c1cc(-c2ccccc2)cc(-c2ccc3c(c2)B2c4ccc(-c5cc(-c6ccccc6)cc(-c6ccccc6)c5)cc4N(c4c(-c5ccccc5)cc(C(C)(C)C)cc4-c4cccc5oc6ccccc6c45)c4cc(-c5cc(-c6ccccc6)cc(-c6ccccc6)c5)cc(c42)N3c2c(-c3cccc4oc5ccccc5c34)cc(C(C)(C)C)cc2-c2cccc3sc4ccccc4c23)c1. The fourth-order valence-corrected chi connectivity index (χ4v) is 23.0. The number of fused-ring (bicyclic) bond motifs is 13.